The van der Waals surface area contributed by atoms with E-state index in [9.17, 15) is 0 Å². The van der Waals surface area contributed by atoms with E-state index in [1.807, 2.05) is 59.9 Å². The first-order valence-corrected chi connectivity index (χ1v) is 15.1. The van der Waals surface area contributed by atoms with Gasteiger partial charge in [-0.1, -0.05) is 64.8 Å². The van der Waals surface area contributed by atoms with Crippen LogP contribution in [0.15, 0.2) is 35.8 Å². The average Bonchev–Trinajstić information content (AvgIpc) is 2.43. The van der Waals surface area contributed by atoms with Crippen molar-refractivity contribution in [2.45, 2.75) is 32.1 Å². The summed E-state index contributed by atoms with van der Waals surface area (Å²) in [4.78, 5) is 0. The van der Waals surface area contributed by atoms with Gasteiger partial charge in [-0.05, 0) is 73.8 Å². The Hall–Kier alpha value is 1.67. The SMILES string of the molecule is C1=C/C=C/SSSSSSSCCCCCCC=C1. The molecule has 0 amide bonds. The van der Waals surface area contributed by atoms with Crippen molar-refractivity contribution in [1.29, 1.82) is 0 Å². The van der Waals surface area contributed by atoms with Crippen LogP contribution >= 0.6 is 70.7 Å². The second-order valence-corrected chi connectivity index (χ2v) is 14.8. The minimum Gasteiger partial charge on any atom is -0.0845 e. The van der Waals surface area contributed by atoms with Crippen molar-refractivity contribution in [1.82, 2.24) is 0 Å². The summed E-state index contributed by atoms with van der Waals surface area (Å²) in [6, 6.07) is 0. The van der Waals surface area contributed by atoms with Crippen LogP contribution in [0.4, 0.5) is 0 Å². The topological polar surface area (TPSA) is 0 Å². The zero-order valence-electron chi connectivity index (χ0n) is 10.6. The Kier molecular flexibility index (Phi) is 15.8. The van der Waals surface area contributed by atoms with E-state index in [0.717, 1.165) is 0 Å². The molecule has 0 saturated carbocycles. The van der Waals surface area contributed by atoms with Crippen LogP contribution in [0.3, 0.4) is 0 Å². The van der Waals surface area contributed by atoms with Gasteiger partial charge in [0.25, 0.3) is 0 Å². The van der Waals surface area contributed by atoms with Gasteiger partial charge >= 0.3 is 0 Å². The maximum Gasteiger partial charge on any atom is 0.00454 e. The molecule has 0 spiro atoms. The van der Waals surface area contributed by atoms with Crippen molar-refractivity contribution in [2.75, 3.05) is 5.75 Å². The molecule has 19 heavy (non-hydrogen) atoms. The van der Waals surface area contributed by atoms with Crippen LogP contribution < -0.4 is 0 Å². The third kappa shape index (κ3) is 14.4. The number of rotatable bonds is 0. The molecule has 0 nitrogen and oxygen atoms in total. The number of hydrogen-bond acceptors (Lipinski definition) is 7. The van der Waals surface area contributed by atoms with Gasteiger partial charge in [-0.25, -0.2) is 0 Å². The molecule has 1 aliphatic heterocycles. The normalized spacial score (nSPS) is 23.2. The van der Waals surface area contributed by atoms with Crippen LogP contribution in [0.5, 0.6) is 0 Å². The summed E-state index contributed by atoms with van der Waals surface area (Å²) in [5.41, 5.74) is 0. The van der Waals surface area contributed by atoms with Crippen molar-refractivity contribution in [3.05, 3.63) is 35.8 Å². The average molecular weight is 387 g/mol. The minimum atomic E-state index is 1.21. The Labute approximate surface area is 143 Å². The lowest BCUT2D eigenvalue weighted by atomic mass is 10.1. The molecule has 0 aromatic rings. The van der Waals surface area contributed by atoms with Crippen molar-refractivity contribution < 1.29 is 0 Å². The number of allylic oxidation sites excluding steroid dienone is 5. The first kappa shape index (κ1) is 18.7. The summed E-state index contributed by atoms with van der Waals surface area (Å²) in [6.45, 7) is 0. The van der Waals surface area contributed by atoms with E-state index in [1.54, 1.807) is 10.8 Å². The molecule has 7 heteroatoms. The molecule has 0 aromatic heterocycles. The molecule has 0 radical (unpaired) electrons. The summed E-state index contributed by atoms with van der Waals surface area (Å²) < 4.78 is 0. The lowest BCUT2D eigenvalue weighted by molar-refractivity contribution is 0.678. The molecular formula is C12H18S7. The van der Waals surface area contributed by atoms with Gasteiger partial charge in [0.1, 0.15) is 0 Å². The van der Waals surface area contributed by atoms with Crippen LogP contribution in [-0.4, -0.2) is 5.75 Å². The molecular weight excluding hydrogens is 369 g/mol. The van der Waals surface area contributed by atoms with Crippen LogP contribution in [0.2, 0.25) is 0 Å². The zero-order chi connectivity index (χ0) is 13.4. The second-order valence-electron chi connectivity index (χ2n) is 3.60. The van der Waals surface area contributed by atoms with Crippen LogP contribution in [-0.2, 0) is 0 Å². The lowest BCUT2D eigenvalue weighted by Gasteiger charge is -2.00. The van der Waals surface area contributed by atoms with Gasteiger partial charge < -0.3 is 0 Å². The Morgan fingerprint density at radius 1 is 0.632 bits per heavy atom. The number of hydrogen-bond donors (Lipinski definition) is 0. The largest absolute Gasteiger partial charge is 0.0845 e. The van der Waals surface area contributed by atoms with Crippen LogP contribution in [0.1, 0.15) is 32.1 Å². The van der Waals surface area contributed by atoms with Crippen molar-refractivity contribution >= 4 is 70.7 Å². The molecule has 0 N–H and O–H groups in total. The Bertz CT molecular complexity index is 249. The summed E-state index contributed by atoms with van der Waals surface area (Å²) in [7, 11) is 13.1. The fourth-order valence-corrected chi connectivity index (χ4v) is 14.9. The van der Waals surface area contributed by atoms with Crippen molar-refractivity contribution in [2.24, 2.45) is 0 Å². The van der Waals surface area contributed by atoms with Gasteiger partial charge in [0.05, 0.1) is 0 Å². The summed E-state index contributed by atoms with van der Waals surface area (Å²) in [6.07, 6.45) is 17.4. The predicted octanol–water partition coefficient (Wildman–Crippen LogP) is 8.20. The molecule has 0 atom stereocenters. The molecule has 108 valence electrons. The van der Waals surface area contributed by atoms with Crippen molar-refractivity contribution in [3.8, 4) is 0 Å². The molecule has 1 rings (SSSR count). The van der Waals surface area contributed by atoms with Crippen molar-refractivity contribution in [3.63, 3.8) is 0 Å². The van der Waals surface area contributed by atoms with E-state index in [0.29, 0.717) is 0 Å². The maximum absolute atomic E-state index is 2.27. The minimum absolute atomic E-state index is 1.21. The highest BCUT2D eigenvalue weighted by Crippen LogP contribution is 2.55. The van der Waals surface area contributed by atoms with E-state index in [1.165, 1.54) is 37.9 Å². The molecule has 0 bridgehead atoms. The fraction of sp³-hybridized carbons (Fsp3) is 0.500. The van der Waals surface area contributed by atoms with Crippen LogP contribution in [0.25, 0.3) is 0 Å². The Balaban J connectivity index is 2.19. The fourth-order valence-electron chi connectivity index (χ4n) is 1.28. The van der Waals surface area contributed by atoms with E-state index < -0.39 is 0 Å². The summed E-state index contributed by atoms with van der Waals surface area (Å²) >= 11 is 0. The standard InChI is InChI=1S/C12H18S7/c1-2-4-6-8-10-12-14-16-18-19-17-15-13-11-9-7-5-3-1/h1,3,5,7,9,11H,2,4,6,8,10,12H2/b3-1?,7-5?,11-9+. The predicted molar refractivity (Wildman–Crippen MR) is 109 cm³/mol. The van der Waals surface area contributed by atoms with E-state index in [-0.39, 0.29) is 0 Å². The van der Waals surface area contributed by atoms with E-state index in [2.05, 4.69) is 35.8 Å². The Morgan fingerprint density at radius 2 is 1.42 bits per heavy atom. The third-order valence-corrected chi connectivity index (χ3v) is 14.9. The van der Waals surface area contributed by atoms with Gasteiger partial charge in [-0.3, -0.25) is 0 Å². The Morgan fingerprint density at radius 3 is 2.42 bits per heavy atom. The molecule has 0 unspecified atom stereocenters. The second kappa shape index (κ2) is 16.0. The van der Waals surface area contributed by atoms with E-state index >= 15 is 0 Å². The lowest BCUT2D eigenvalue weighted by Crippen LogP contribution is -1.79. The first-order valence-electron chi connectivity index (χ1n) is 6.10. The zero-order valence-corrected chi connectivity index (χ0v) is 16.3. The molecule has 1 heterocycles. The van der Waals surface area contributed by atoms with E-state index in [4.69, 9.17) is 0 Å². The van der Waals surface area contributed by atoms with Gasteiger partial charge in [-0.2, -0.15) is 0 Å². The van der Waals surface area contributed by atoms with Gasteiger partial charge in [0.2, 0.25) is 0 Å². The smallest absolute Gasteiger partial charge is 0.00454 e. The first-order chi connectivity index (χ1) is 9.50. The molecule has 0 aliphatic carbocycles. The maximum atomic E-state index is 2.27. The molecule has 0 fully saturated rings. The van der Waals surface area contributed by atoms with Crippen LogP contribution in [0, 0.1) is 0 Å². The highest BCUT2D eigenvalue weighted by Gasteiger charge is 1.95. The van der Waals surface area contributed by atoms with Gasteiger partial charge in [-0.15, -0.1) is 0 Å². The third-order valence-electron chi connectivity index (χ3n) is 2.15. The highest BCUT2D eigenvalue weighted by atomic mass is 33.9. The molecule has 0 saturated heterocycles. The highest BCUT2D eigenvalue weighted by molar-refractivity contribution is 9.46. The molecule has 1 aliphatic rings. The molecule has 0 aromatic carbocycles. The summed E-state index contributed by atoms with van der Waals surface area (Å²) in [5, 5.41) is 2.13. The van der Waals surface area contributed by atoms with Gasteiger partial charge in [0.15, 0.2) is 0 Å². The monoisotopic (exact) mass is 386 g/mol. The quantitative estimate of drug-likeness (QED) is 0.380. The van der Waals surface area contributed by atoms with Gasteiger partial charge in [0, 0.05) is 5.75 Å². The summed E-state index contributed by atoms with van der Waals surface area (Å²) in [5.74, 6) is 1.28.